The monoisotopic (exact) mass is 294 g/mol. The summed E-state index contributed by atoms with van der Waals surface area (Å²) in [4.78, 5) is 14.8. The van der Waals surface area contributed by atoms with Gasteiger partial charge < -0.3 is 9.67 Å². The number of aryl methyl sites for hydroxylation is 1. The molecular weight excluding hydrogens is 283 g/mol. The first-order valence-corrected chi connectivity index (χ1v) is 5.39. The number of halogens is 1. The SMILES string of the molecule is Cc1nc(CI)c(C)n1CC(=O)O. The molecule has 1 aromatic rings. The van der Waals surface area contributed by atoms with Crippen molar-refractivity contribution in [2.45, 2.75) is 24.8 Å². The number of alkyl halides is 1. The van der Waals surface area contributed by atoms with Crippen LogP contribution in [-0.2, 0) is 15.8 Å². The van der Waals surface area contributed by atoms with E-state index in [0.717, 1.165) is 21.6 Å². The molecule has 1 heterocycles. The number of nitrogens with zero attached hydrogens (tertiary/aromatic N) is 2. The lowest BCUT2D eigenvalue weighted by Crippen LogP contribution is -2.11. The maximum Gasteiger partial charge on any atom is 0.323 e. The van der Waals surface area contributed by atoms with Crippen LogP contribution in [0.4, 0.5) is 0 Å². The lowest BCUT2D eigenvalue weighted by atomic mass is 10.4. The number of aromatic nitrogens is 2. The van der Waals surface area contributed by atoms with E-state index in [1.165, 1.54) is 0 Å². The van der Waals surface area contributed by atoms with Crippen LogP contribution < -0.4 is 0 Å². The Morgan fingerprint density at radius 2 is 2.23 bits per heavy atom. The molecule has 1 rings (SSSR count). The molecule has 0 aliphatic rings. The summed E-state index contributed by atoms with van der Waals surface area (Å²) in [6.07, 6.45) is 0. The molecule has 0 amide bonds. The molecule has 0 unspecified atom stereocenters. The van der Waals surface area contributed by atoms with E-state index in [2.05, 4.69) is 27.6 Å². The van der Waals surface area contributed by atoms with Gasteiger partial charge in [0.2, 0.25) is 0 Å². The molecule has 13 heavy (non-hydrogen) atoms. The van der Waals surface area contributed by atoms with Gasteiger partial charge in [-0.15, -0.1) is 0 Å². The Labute approximate surface area is 90.1 Å². The molecule has 72 valence electrons. The van der Waals surface area contributed by atoms with E-state index in [9.17, 15) is 4.79 Å². The van der Waals surface area contributed by atoms with Crippen molar-refractivity contribution >= 4 is 28.6 Å². The van der Waals surface area contributed by atoms with Gasteiger partial charge in [-0.3, -0.25) is 4.79 Å². The minimum Gasteiger partial charge on any atom is -0.480 e. The summed E-state index contributed by atoms with van der Waals surface area (Å²) in [5.74, 6) is -0.0600. The molecular formula is C8H11IN2O2. The van der Waals surface area contributed by atoms with E-state index in [1.54, 1.807) is 4.57 Å². The maximum absolute atomic E-state index is 10.5. The number of carbonyl (C=O) groups is 1. The minimum atomic E-state index is -0.830. The van der Waals surface area contributed by atoms with E-state index in [1.807, 2.05) is 13.8 Å². The molecule has 0 atom stereocenters. The van der Waals surface area contributed by atoms with Crippen molar-refractivity contribution in [3.63, 3.8) is 0 Å². The quantitative estimate of drug-likeness (QED) is 0.679. The summed E-state index contributed by atoms with van der Waals surface area (Å²) < 4.78 is 2.54. The molecule has 0 bridgehead atoms. The summed E-state index contributed by atoms with van der Waals surface area (Å²) >= 11 is 2.22. The van der Waals surface area contributed by atoms with Crippen LogP contribution in [0.15, 0.2) is 0 Å². The zero-order valence-corrected chi connectivity index (χ0v) is 9.70. The zero-order valence-electron chi connectivity index (χ0n) is 7.54. The highest BCUT2D eigenvalue weighted by Gasteiger charge is 2.11. The van der Waals surface area contributed by atoms with Crippen LogP contribution >= 0.6 is 22.6 Å². The van der Waals surface area contributed by atoms with Crippen molar-refractivity contribution in [1.82, 2.24) is 9.55 Å². The number of imidazole rings is 1. The van der Waals surface area contributed by atoms with Crippen LogP contribution in [0.25, 0.3) is 0 Å². The van der Waals surface area contributed by atoms with Gasteiger partial charge in [0.05, 0.1) is 5.69 Å². The van der Waals surface area contributed by atoms with Crippen molar-refractivity contribution in [1.29, 1.82) is 0 Å². The number of aliphatic carboxylic acids is 1. The highest BCUT2D eigenvalue weighted by atomic mass is 127. The predicted molar refractivity (Wildman–Crippen MR) is 57.1 cm³/mol. The summed E-state index contributed by atoms with van der Waals surface area (Å²) in [5, 5.41) is 8.65. The molecule has 0 aliphatic heterocycles. The Morgan fingerprint density at radius 3 is 2.62 bits per heavy atom. The molecule has 1 aromatic heterocycles. The molecule has 4 nitrogen and oxygen atoms in total. The highest BCUT2D eigenvalue weighted by molar-refractivity contribution is 14.1. The second-order valence-corrected chi connectivity index (χ2v) is 3.57. The highest BCUT2D eigenvalue weighted by Crippen LogP contribution is 2.13. The van der Waals surface area contributed by atoms with Crippen LogP contribution in [-0.4, -0.2) is 20.6 Å². The smallest absolute Gasteiger partial charge is 0.323 e. The van der Waals surface area contributed by atoms with Gasteiger partial charge in [0.25, 0.3) is 0 Å². The second-order valence-electron chi connectivity index (χ2n) is 2.80. The first kappa shape index (κ1) is 10.5. The van der Waals surface area contributed by atoms with Crippen molar-refractivity contribution in [2.75, 3.05) is 0 Å². The molecule has 5 heteroatoms. The largest absolute Gasteiger partial charge is 0.480 e. The molecule has 0 spiro atoms. The van der Waals surface area contributed by atoms with Gasteiger partial charge in [0.1, 0.15) is 12.4 Å². The third-order valence-electron chi connectivity index (χ3n) is 1.93. The predicted octanol–water partition coefficient (Wildman–Crippen LogP) is 1.52. The Morgan fingerprint density at radius 1 is 1.62 bits per heavy atom. The third kappa shape index (κ3) is 2.20. The first-order chi connectivity index (χ1) is 6.06. The van der Waals surface area contributed by atoms with E-state index in [-0.39, 0.29) is 6.54 Å². The van der Waals surface area contributed by atoms with Crippen molar-refractivity contribution in [3.05, 3.63) is 17.2 Å². The van der Waals surface area contributed by atoms with E-state index < -0.39 is 5.97 Å². The van der Waals surface area contributed by atoms with Crippen LogP contribution in [0, 0.1) is 13.8 Å². The maximum atomic E-state index is 10.5. The van der Waals surface area contributed by atoms with Gasteiger partial charge in [-0.25, -0.2) is 4.98 Å². The van der Waals surface area contributed by atoms with Gasteiger partial charge in [0, 0.05) is 10.1 Å². The van der Waals surface area contributed by atoms with E-state index >= 15 is 0 Å². The summed E-state index contributed by atoms with van der Waals surface area (Å²) in [7, 11) is 0. The standard InChI is InChI=1S/C8H11IN2O2/c1-5-7(3-9)10-6(2)11(5)4-8(12)13/h3-4H2,1-2H3,(H,12,13). The fraction of sp³-hybridized carbons (Fsp3) is 0.500. The van der Waals surface area contributed by atoms with Crippen LogP contribution in [0.1, 0.15) is 17.2 Å². The van der Waals surface area contributed by atoms with Gasteiger partial charge >= 0.3 is 5.97 Å². The number of rotatable bonds is 3. The topological polar surface area (TPSA) is 55.1 Å². The number of carboxylic acids is 1. The lowest BCUT2D eigenvalue weighted by Gasteiger charge is -2.03. The summed E-state index contributed by atoms with van der Waals surface area (Å²) in [6.45, 7) is 3.73. The second kappa shape index (κ2) is 4.08. The van der Waals surface area contributed by atoms with Crippen molar-refractivity contribution < 1.29 is 9.90 Å². The molecule has 0 saturated heterocycles. The fourth-order valence-corrected chi connectivity index (χ4v) is 1.95. The summed E-state index contributed by atoms with van der Waals surface area (Å²) in [6, 6.07) is 0. The third-order valence-corrected chi connectivity index (χ3v) is 2.65. The lowest BCUT2D eigenvalue weighted by molar-refractivity contribution is -0.137. The molecule has 0 fully saturated rings. The van der Waals surface area contributed by atoms with Crippen LogP contribution in [0.2, 0.25) is 0 Å². The molecule has 0 aromatic carbocycles. The Kier molecular flexibility index (Phi) is 3.29. The van der Waals surface area contributed by atoms with Gasteiger partial charge in [-0.05, 0) is 13.8 Å². The minimum absolute atomic E-state index is 0.00130. The molecule has 0 radical (unpaired) electrons. The van der Waals surface area contributed by atoms with Crippen molar-refractivity contribution in [2.24, 2.45) is 0 Å². The van der Waals surface area contributed by atoms with Crippen molar-refractivity contribution in [3.8, 4) is 0 Å². The summed E-state index contributed by atoms with van der Waals surface area (Å²) in [5.41, 5.74) is 1.92. The average molecular weight is 294 g/mol. The molecule has 0 saturated carbocycles. The van der Waals surface area contributed by atoms with E-state index in [0.29, 0.717) is 0 Å². The first-order valence-electron chi connectivity index (χ1n) is 3.86. The molecule has 1 N–H and O–H groups in total. The number of hydrogen-bond acceptors (Lipinski definition) is 2. The van der Waals surface area contributed by atoms with Crippen LogP contribution in [0.3, 0.4) is 0 Å². The normalized spacial score (nSPS) is 10.4. The Hall–Kier alpha value is -0.590. The van der Waals surface area contributed by atoms with Gasteiger partial charge in [0.15, 0.2) is 0 Å². The molecule has 0 aliphatic carbocycles. The van der Waals surface area contributed by atoms with E-state index in [4.69, 9.17) is 5.11 Å². The number of carboxylic acid groups (broad SMARTS) is 1. The van der Waals surface area contributed by atoms with Gasteiger partial charge in [-0.2, -0.15) is 0 Å². The van der Waals surface area contributed by atoms with Crippen LogP contribution in [0.5, 0.6) is 0 Å². The Bertz CT molecular complexity index is 333. The number of hydrogen-bond donors (Lipinski definition) is 1. The zero-order chi connectivity index (χ0) is 10.0. The average Bonchev–Trinajstić information content (AvgIpc) is 2.31. The Balaban J connectivity index is 3.05. The fourth-order valence-electron chi connectivity index (χ4n) is 1.23. The van der Waals surface area contributed by atoms with Gasteiger partial charge in [-0.1, -0.05) is 22.6 Å².